The van der Waals surface area contributed by atoms with E-state index in [9.17, 15) is 0 Å². The molecule has 3 aromatic rings. The normalized spacial score (nSPS) is 18.6. The summed E-state index contributed by atoms with van der Waals surface area (Å²) in [6.07, 6.45) is 3.85. The maximum absolute atomic E-state index is 5.96. The Morgan fingerprint density at radius 1 is 1.32 bits per heavy atom. The molecule has 1 aliphatic heterocycles. The molecule has 0 bridgehead atoms. The molecule has 25 heavy (non-hydrogen) atoms. The third-order valence-electron chi connectivity index (χ3n) is 4.60. The maximum Gasteiger partial charge on any atom is 0.226 e. The van der Waals surface area contributed by atoms with Crippen molar-refractivity contribution >= 4 is 11.6 Å². The van der Waals surface area contributed by atoms with Gasteiger partial charge in [0.05, 0.1) is 17.9 Å². The summed E-state index contributed by atoms with van der Waals surface area (Å²) < 4.78 is 5.89. The quantitative estimate of drug-likeness (QED) is 0.750. The van der Waals surface area contributed by atoms with Crippen molar-refractivity contribution in [3.05, 3.63) is 58.7 Å². The van der Waals surface area contributed by atoms with E-state index in [-0.39, 0.29) is 6.04 Å². The molecule has 7 heteroatoms. The number of nitrogens with one attached hydrogen (secondary N) is 2. The maximum atomic E-state index is 5.96. The predicted octanol–water partition coefficient (Wildman–Crippen LogP) is 3.17. The molecule has 0 radical (unpaired) electrons. The predicted molar refractivity (Wildman–Crippen MR) is 96.3 cm³/mol. The summed E-state index contributed by atoms with van der Waals surface area (Å²) in [5.41, 5.74) is 3.09. The van der Waals surface area contributed by atoms with E-state index in [0.29, 0.717) is 10.9 Å². The second-order valence-electron chi connectivity index (χ2n) is 6.25. The molecule has 3 heterocycles. The van der Waals surface area contributed by atoms with Crippen LogP contribution in [0.1, 0.15) is 23.1 Å². The number of H-pyrrole nitrogens is 1. The zero-order valence-electron chi connectivity index (χ0n) is 14.0. The van der Waals surface area contributed by atoms with Gasteiger partial charge in [-0.05, 0) is 31.2 Å². The first-order chi connectivity index (χ1) is 12.2. The number of piperazine rings is 1. The van der Waals surface area contributed by atoms with Gasteiger partial charge >= 0.3 is 0 Å². The Bertz CT molecular complexity index is 828. The van der Waals surface area contributed by atoms with E-state index in [2.05, 4.69) is 20.4 Å². The standard InChI is InChI=1S/C18H20ClN5O/c1-12-16(23-18(25-12)13-2-4-15(19)5-3-13)11-24-7-6-20-10-17(24)14-8-21-22-9-14/h2-5,8-9,17,20H,6-7,10-11H2,1H3,(H,21,22). The monoisotopic (exact) mass is 357 g/mol. The highest BCUT2D eigenvalue weighted by molar-refractivity contribution is 6.30. The van der Waals surface area contributed by atoms with Gasteiger partial charge in [0.25, 0.3) is 0 Å². The molecule has 1 saturated heterocycles. The lowest BCUT2D eigenvalue weighted by atomic mass is 10.1. The number of aromatic amines is 1. The summed E-state index contributed by atoms with van der Waals surface area (Å²) in [6, 6.07) is 7.83. The molecule has 1 aromatic carbocycles. The van der Waals surface area contributed by atoms with Crippen molar-refractivity contribution < 1.29 is 4.42 Å². The van der Waals surface area contributed by atoms with Gasteiger partial charge in [0, 0.05) is 48.5 Å². The van der Waals surface area contributed by atoms with E-state index < -0.39 is 0 Å². The van der Waals surface area contributed by atoms with Crippen molar-refractivity contribution in [3.8, 4) is 11.5 Å². The second-order valence-corrected chi connectivity index (χ2v) is 6.69. The van der Waals surface area contributed by atoms with Crippen LogP contribution in [0, 0.1) is 6.92 Å². The Hall–Kier alpha value is -2.15. The van der Waals surface area contributed by atoms with Crippen LogP contribution in [0.4, 0.5) is 0 Å². The van der Waals surface area contributed by atoms with Gasteiger partial charge < -0.3 is 9.73 Å². The average Bonchev–Trinajstić information content (AvgIpc) is 3.27. The molecular formula is C18H20ClN5O. The molecule has 130 valence electrons. The fourth-order valence-corrected chi connectivity index (χ4v) is 3.32. The van der Waals surface area contributed by atoms with Crippen LogP contribution in [-0.4, -0.2) is 39.7 Å². The molecule has 4 rings (SSSR count). The van der Waals surface area contributed by atoms with Crippen molar-refractivity contribution in [3.63, 3.8) is 0 Å². The van der Waals surface area contributed by atoms with Crippen LogP contribution < -0.4 is 5.32 Å². The summed E-state index contributed by atoms with van der Waals surface area (Å²) in [7, 11) is 0. The smallest absolute Gasteiger partial charge is 0.226 e. The van der Waals surface area contributed by atoms with Crippen LogP contribution in [0.15, 0.2) is 41.1 Å². The number of aromatic nitrogens is 3. The van der Waals surface area contributed by atoms with E-state index in [1.54, 1.807) is 0 Å². The number of benzene rings is 1. The Kier molecular flexibility index (Phi) is 4.57. The van der Waals surface area contributed by atoms with E-state index in [1.807, 2.05) is 43.6 Å². The van der Waals surface area contributed by atoms with E-state index in [1.165, 1.54) is 5.56 Å². The van der Waals surface area contributed by atoms with Crippen LogP contribution in [0.2, 0.25) is 5.02 Å². The summed E-state index contributed by atoms with van der Waals surface area (Å²) in [4.78, 5) is 7.14. The molecule has 0 aliphatic carbocycles. The lowest BCUT2D eigenvalue weighted by Crippen LogP contribution is -2.45. The topological polar surface area (TPSA) is 70.0 Å². The number of hydrogen-bond donors (Lipinski definition) is 2. The molecular weight excluding hydrogens is 338 g/mol. The second kappa shape index (κ2) is 7.00. The van der Waals surface area contributed by atoms with Crippen LogP contribution in [-0.2, 0) is 6.54 Å². The Balaban J connectivity index is 1.56. The first kappa shape index (κ1) is 16.3. The van der Waals surface area contributed by atoms with Gasteiger partial charge in [-0.25, -0.2) is 4.98 Å². The molecule has 0 spiro atoms. The molecule has 2 N–H and O–H groups in total. The summed E-state index contributed by atoms with van der Waals surface area (Å²) in [5.74, 6) is 1.49. The number of oxazole rings is 1. The van der Waals surface area contributed by atoms with E-state index >= 15 is 0 Å². The third-order valence-corrected chi connectivity index (χ3v) is 4.85. The fraction of sp³-hybridized carbons (Fsp3) is 0.333. The highest BCUT2D eigenvalue weighted by Crippen LogP contribution is 2.27. The van der Waals surface area contributed by atoms with E-state index in [4.69, 9.17) is 21.0 Å². The summed E-state index contributed by atoms with van der Waals surface area (Å²) in [6.45, 7) is 5.55. The number of halogens is 1. The first-order valence-electron chi connectivity index (χ1n) is 8.36. The van der Waals surface area contributed by atoms with Crippen LogP contribution in [0.25, 0.3) is 11.5 Å². The third kappa shape index (κ3) is 3.46. The number of nitrogens with zero attached hydrogens (tertiary/aromatic N) is 3. The molecule has 1 aliphatic rings. The number of hydrogen-bond acceptors (Lipinski definition) is 5. The Morgan fingerprint density at radius 2 is 2.16 bits per heavy atom. The van der Waals surface area contributed by atoms with Crippen LogP contribution in [0.3, 0.4) is 0 Å². The molecule has 1 atom stereocenters. The van der Waals surface area contributed by atoms with E-state index in [0.717, 1.165) is 43.2 Å². The van der Waals surface area contributed by atoms with Crippen molar-refractivity contribution in [1.82, 2.24) is 25.4 Å². The largest absolute Gasteiger partial charge is 0.441 e. The fourth-order valence-electron chi connectivity index (χ4n) is 3.19. The van der Waals surface area contributed by atoms with Gasteiger partial charge in [-0.2, -0.15) is 5.10 Å². The lowest BCUT2D eigenvalue weighted by molar-refractivity contribution is 0.151. The number of aryl methyl sites for hydroxylation is 1. The van der Waals surface area contributed by atoms with Crippen molar-refractivity contribution in [1.29, 1.82) is 0 Å². The van der Waals surface area contributed by atoms with Crippen LogP contribution >= 0.6 is 11.6 Å². The minimum atomic E-state index is 0.280. The van der Waals surface area contributed by atoms with Gasteiger partial charge in [0.2, 0.25) is 5.89 Å². The molecule has 2 aromatic heterocycles. The lowest BCUT2D eigenvalue weighted by Gasteiger charge is -2.35. The molecule has 6 nitrogen and oxygen atoms in total. The minimum Gasteiger partial charge on any atom is -0.441 e. The Labute approximate surface area is 151 Å². The van der Waals surface area contributed by atoms with Crippen LogP contribution in [0.5, 0.6) is 0 Å². The molecule has 0 amide bonds. The average molecular weight is 358 g/mol. The number of rotatable bonds is 4. The zero-order chi connectivity index (χ0) is 17.2. The van der Waals surface area contributed by atoms with Crippen molar-refractivity contribution in [2.75, 3.05) is 19.6 Å². The first-order valence-corrected chi connectivity index (χ1v) is 8.74. The molecule has 1 unspecified atom stereocenters. The van der Waals surface area contributed by atoms with Crippen molar-refractivity contribution in [2.24, 2.45) is 0 Å². The summed E-state index contributed by atoms with van der Waals surface area (Å²) >= 11 is 5.96. The van der Waals surface area contributed by atoms with Gasteiger partial charge in [-0.1, -0.05) is 11.6 Å². The zero-order valence-corrected chi connectivity index (χ0v) is 14.8. The van der Waals surface area contributed by atoms with Gasteiger partial charge in [0.15, 0.2) is 0 Å². The Morgan fingerprint density at radius 3 is 2.92 bits per heavy atom. The molecule has 1 fully saturated rings. The summed E-state index contributed by atoms with van der Waals surface area (Å²) in [5, 5.41) is 11.1. The minimum absolute atomic E-state index is 0.280. The molecule has 0 saturated carbocycles. The van der Waals surface area contributed by atoms with Gasteiger partial charge in [-0.15, -0.1) is 0 Å². The van der Waals surface area contributed by atoms with Gasteiger partial charge in [0.1, 0.15) is 5.76 Å². The SMILES string of the molecule is Cc1oc(-c2ccc(Cl)cc2)nc1CN1CCNCC1c1cn[nH]c1. The highest BCUT2D eigenvalue weighted by atomic mass is 35.5. The van der Waals surface area contributed by atoms with Gasteiger partial charge in [-0.3, -0.25) is 10.00 Å². The van der Waals surface area contributed by atoms with Crippen molar-refractivity contribution in [2.45, 2.75) is 19.5 Å². The highest BCUT2D eigenvalue weighted by Gasteiger charge is 2.26.